The van der Waals surface area contributed by atoms with Gasteiger partial charge in [-0.3, -0.25) is 4.79 Å². The van der Waals surface area contributed by atoms with Crippen molar-refractivity contribution >= 4 is 46.1 Å². The molecule has 20 heavy (non-hydrogen) atoms. The number of amides is 1. The Kier molecular flexibility index (Phi) is 3.56. The van der Waals surface area contributed by atoms with E-state index >= 15 is 0 Å². The zero-order chi connectivity index (χ0) is 13.9. The molecule has 1 aromatic carbocycles. The molecule has 0 aliphatic heterocycles. The van der Waals surface area contributed by atoms with Crippen molar-refractivity contribution in [3.63, 3.8) is 0 Å². The van der Waals surface area contributed by atoms with Gasteiger partial charge in [-0.15, -0.1) is 5.10 Å². The number of nitrogens with zero attached hydrogens (tertiary/aromatic N) is 6. The molecule has 0 radical (unpaired) electrons. The number of tetrazole rings is 1. The number of carbonyl (C=O) groups is 1. The van der Waals surface area contributed by atoms with Gasteiger partial charge in [-0.05, 0) is 22.6 Å². The van der Waals surface area contributed by atoms with Gasteiger partial charge in [-0.2, -0.15) is 8.75 Å². The smallest absolute Gasteiger partial charge is 0.234 e. The van der Waals surface area contributed by atoms with E-state index in [4.69, 9.17) is 0 Å². The van der Waals surface area contributed by atoms with Crippen molar-refractivity contribution in [3.8, 4) is 0 Å². The van der Waals surface area contributed by atoms with Gasteiger partial charge in [-0.25, -0.2) is 4.68 Å². The minimum Gasteiger partial charge on any atom is -0.323 e. The molecule has 0 atom stereocenters. The fourth-order valence-corrected chi connectivity index (χ4v) is 2.77. The highest BCUT2D eigenvalue weighted by Gasteiger charge is 2.10. The summed E-state index contributed by atoms with van der Waals surface area (Å²) in [6.45, 7) is 0. The van der Waals surface area contributed by atoms with Crippen LogP contribution in [0.25, 0.3) is 11.0 Å². The van der Waals surface area contributed by atoms with E-state index in [-0.39, 0.29) is 11.7 Å². The van der Waals surface area contributed by atoms with Crippen LogP contribution in [0.5, 0.6) is 0 Å². The van der Waals surface area contributed by atoms with E-state index in [1.54, 1.807) is 13.1 Å². The normalized spacial score (nSPS) is 10.8. The number of anilines is 1. The molecule has 2 heterocycles. The van der Waals surface area contributed by atoms with E-state index in [0.717, 1.165) is 17.2 Å². The predicted octanol–water partition coefficient (Wildman–Crippen LogP) is 0.946. The number of benzene rings is 1. The SMILES string of the molecule is Cn1nnnc1SCC(=O)Nc1cccc2nsnc12. The lowest BCUT2D eigenvalue weighted by Crippen LogP contribution is -2.14. The molecule has 1 N–H and O–H groups in total. The summed E-state index contributed by atoms with van der Waals surface area (Å²) in [4.78, 5) is 11.9. The van der Waals surface area contributed by atoms with Crippen molar-refractivity contribution in [2.75, 3.05) is 11.1 Å². The van der Waals surface area contributed by atoms with Crippen molar-refractivity contribution in [1.29, 1.82) is 0 Å². The van der Waals surface area contributed by atoms with Crippen LogP contribution in [0.1, 0.15) is 0 Å². The van der Waals surface area contributed by atoms with E-state index < -0.39 is 0 Å². The third-order valence-corrected chi connectivity index (χ3v) is 4.03. The molecule has 0 aliphatic rings. The molecule has 0 fully saturated rings. The Morgan fingerprint density at radius 3 is 3.15 bits per heavy atom. The van der Waals surface area contributed by atoms with E-state index in [1.165, 1.54) is 16.4 Å². The molecule has 10 heteroatoms. The minimum atomic E-state index is -0.140. The fourth-order valence-electron chi connectivity index (χ4n) is 1.57. The number of nitrogens with one attached hydrogen (secondary N) is 1. The average molecular weight is 307 g/mol. The number of hydrogen-bond acceptors (Lipinski definition) is 8. The van der Waals surface area contributed by atoms with E-state index in [2.05, 4.69) is 29.6 Å². The lowest BCUT2D eigenvalue weighted by Gasteiger charge is -2.04. The van der Waals surface area contributed by atoms with Crippen LogP contribution in [0, 0.1) is 0 Å². The van der Waals surface area contributed by atoms with Crippen molar-refractivity contribution in [1.82, 2.24) is 29.0 Å². The molecule has 0 spiro atoms. The van der Waals surface area contributed by atoms with Gasteiger partial charge in [0.15, 0.2) is 0 Å². The number of aromatic nitrogens is 6. The number of hydrogen-bond donors (Lipinski definition) is 1. The summed E-state index contributed by atoms with van der Waals surface area (Å²) in [7, 11) is 1.72. The molecule has 0 bridgehead atoms. The number of carbonyl (C=O) groups excluding carboxylic acids is 1. The largest absolute Gasteiger partial charge is 0.323 e. The van der Waals surface area contributed by atoms with Crippen LogP contribution in [0.2, 0.25) is 0 Å². The third-order valence-electron chi connectivity index (χ3n) is 2.47. The van der Waals surface area contributed by atoms with E-state index in [9.17, 15) is 4.79 Å². The average Bonchev–Trinajstić information content (AvgIpc) is 3.06. The first kappa shape index (κ1) is 12.9. The maximum absolute atomic E-state index is 11.9. The molecule has 102 valence electrons. The zero-order valence-corrected chi connectivity index (χ0v) is 12.0. The summed E-state index contributed by atoms with van der Waals surface area (Å²) in [5.41, 5.74) is 2.15. The lowest BCUT2D eigenvalue weighted by atomic mass is 10.2. The van der Waals surface area contributed by atoms with Gasteiger partial charge in [0.25, 0.3) is 0 Å². The number of fused-ring (bicyclic) bond motifs is 1. The van der Waals surface area contributed by atoms with Gasteiger partial charge < -0.3 is 5.32 Å². The fraction of sp³-hybridized carbons (Fsp3) is 0.200. The first-order chi connectivity index (χ1) is 9.74. The molecule has 0 saturated carbocycles. The highest BCUT2D eigenvalue weighted by Crippen LogP contribution is 2.21. The van der Waals surface area contributed by atoms with Gasteiger partial charge in [0, 0.05) is 7.05 Å². The number of rotatable bonds is 4. The molecule has 0 unspecified atom stereocenters. The molecule has 1 amide bonds. The number of thioether (sulfide) groups is 1. The predicted molar refractivity (Wildman–Crippen MR) is 75.6 cm³/mol. The van der Waals surface area contributed by atoms with Crippen molar-refractivity contribution in [2.24, 2.45) is 7.05 Å². The van der Waals surface area contributed by atoms with Crippen molar-refractivity contribution < 1.29 is 4.79 Å². The van der Waals surface area contributed by atoms with Gasteiger partial charge in [-0.1, -0.05) is 17.8 Å². The Balaban J connectivity index is 1.67. The van der Waals surface area contributed by atoms with Crippen LogP contribution in [0.3, 0.4) is 0 Å². The van der Waals surface area contributed by atoms with Crippen LogP contribution < -0.4 is 5.32 Å². The molecule has 3 aromatic rings. The van der Waals surface area contributed by atoms with Crippen LogP contribution >= 0.6 is 23.5 Å². The second kappa shape index (κ2) is 5.51. The van der Waals surface area contributed by atoms with Crippen molar-refractivity contribution in [2.45, 2.75) is 5.16 Å². The highest BCUT2D eigenvalue weighted by atomic mass is 32.2. The number of aryl methyl sites for hydroxylation is 1. The standard InChI is InChI=1S/C10H9N7OS2/c1-17-10(12-15-16-17)19-5-8(18)11-6-3-2-4-7-9(6)14-20-13-7/h2-4H,5H2,1H3,(H,11,18). The molecule has 8 nitrogen and oxygen atoms in total. The Morgan fingerprint density at radius 2 is 2.35 bits per heavy atom. The third kappa shape index (κ3) is 2.60. The highest BCUT2D eigenvalue weighted by molar-refractivity contribution is 7.99. The van der Waals surface area contributed by atoms with Crippen LogP contribution in [-0.2, 0) is 11.8 Å². The van der Waals surface area contributed by atoms with Crippen LogP contribution in [-0.4, -0.2) is 40.6 Å². The maximum atomic E-state index is 11.9. The minimum absolute atomic E-state index is 0.140. The topological polar surface area (TPSA) is 98.5 Å². The van der Waals surface area contributed by atoms with Gasteiger partial charge >= 0.3 is 0 Å². The quantitative estimate of drug-likeness (QED) is 0.716. The zero-order valence-electron chi connectivity index (χ0n) is 10.3. The molecule has 0 saturated heterocycles. The van der Waals surface area contributed by atoms with Crippen molar-refractivity contribution in [3.05, 3.63) is 18.2 Å². The molecular formula is C10H9N7OS2. The summed E-state index contributed by atoms with van der Waals surface area (Å²) in [5.74, 6) is 0.0841. The summed E-state index contributed by atoms with van der Waals surface area (Å²) in [6, 6.07) is 5.49. The Labute approximate surface area is 121 Å². The van der Waals surface area contributed by atoms with Gasteiger partial charge in [0.05, 0.1) is 23.2 Å². The van der Waals surface area contributed by atoms with E-state index in [0.29, 0.717) is 16.4 Å². The van der Waals surface area contributed by atoms with Crippen LogP contribution in [0.4, 0.5) is 5.69 Å². The summed E-state index contributed by atoms with van der Waals surface area (Å²) < 4.78 is 9.81. The summed E-state index contributed by atoms with van der Waals surface area (Å²) in [6.07, 6.45) is 0. The molecule has 3 rings (SSSR count). The monoisotopic (exact) mass is 307 g/mol. The molecule has 2 aromatic heterocycles. The first-order valence-corrected chi connectivity index (χ1v) is 7.32. The Bertz CT molecular complexity index is 753. The van der Waals surface area contributed by atoms with Gasteiger partial charge in [0.1, 0.15) is 11.0 Å². The molecular weight excluding hydrogens is 298 g/mol. The second-order valence-corrected chi connectivity index (χ2v) is 5.33. The lowest BCUT2D eigenvalue weighted by molar-refractivity contribution is -0.113. The summed E-state index contributed by atoms with van der Waals surface area (Å²) >= 11 is 2.39. The maximum Gasteiger partial charge on any atom is 0.234 e. The Hall–Kier alpha value is -2.07. The van der Waals surface area contributed by atoms with E-state index in [1.807, 2.05) is 12.1 Å². The first-order valence-electron chi connectivity index (χ1n) is 5.60. The molecule has 0 aliphatic carbocycles. The second-order valence-electron chi connectivity index (χ2n) is 3.86. The van der Waals surface area contributed by atoms with Crippen LogP contribution in [0.15, 0.2) is 23.4 Å². The Morgan fingerprint density at radius 1 is 1.45 bits per heavy atom. The summed E-state index contributed by atoms with van der Waals surface area (Å²) in [5, 5.41) is 14.4. The van der Waals surface area contributed by atoms with Gasteiger partial charge in [0.2, 0.25) is 11.1 Å².